The summed E-state index contributed by atoms with van der Waals surface area (Å²) in [5.41, 5.74) is 12.2. The van der Waals surface area contributed by atoms with E-state index in [9.17, 15) is 0 Å². The van der Waals surface area contributed by atoms with Crippen LogP contribution in [0.1, 0.15) is 0 Å². The lowest BCUT2D eigenvalue weighted by atomic mass is 10.0. The first-order chi connectivity index (χ1) is 22.8. The van der Waals surface area contributed by atoms with Gasteiger partial charge in [-0.25, -0.2) is 4.85 Å². The highest BCUT2D eigenvalue weighted by Gasteiger charge is 2.15. The largest absolute Gasteiger partial charge is 0.309 e. The van der Waals surface area contributed by atoms with E-state index >= 15 is 0 Å². The Labute approximate surface area is 266 Å². The monoisotopic (exact) mass is 585 g/mol. The standard InChI is InChI=1S/C43H27N3/c1-44-33-10-8-9-31(27-33)29-17-22-35(23-18-29)46-42-16-7-4-13-38(42)39-28-32(21-26-43(39)46)30-19-24-34(25-20-30)45-40-14-5-2-11-36(40)37-12-3-6-15-41(37)45/h2-28H. The summed E-state index contributed by atoms with van der Waals surface area (Å²) in [5, 5.41) is 5.00. The lowest BCUT2D eigenvalue weighted by Gasteiger charge is -2.11. The summed E-state index contributed by atoms with van der Waals surface area (Å²) in [6, 6.07) is 58.1. The maximum absolute atomic E-state index is 7.37. The van der Waals surface area contributed by atoms with Gasteiger partial charge in [-0.05, 0) is 82.9 Å². The van der Waals surface area contributed by atoms with E-state index in [4.69, 9.17) is 6.57 Å². The summed E-state index contributed by atoms with van der Waals surface area (Å²) in [5.74, 6) is 0. The molecule has 214 valence electrons. The average Bonchev–Trinajstić information content (AvgIpc) is 3.64. The van der Waals surface area contributed by atoms with E-state index in [2.05, 4.69) is 160 Å². The number of benzene rings is 7. The number of fused-ring (bicyclic) bond motifs is 6. The van der Waals surface area contributed by atoms with Crippen LogP contribution in [-0.4, -0.2) is 9.13 Å². The van der Waals surface area contributed by atoms with Crippen molar-refractivity contribution in [1.29, 1.82) is 0 Å². The molecule has 0 bridgehead atoms. The summed E-state index contributed by atoms with van der Waals surface area (Å²) in [4.78, 5) is 3.59. The van der Waals surface area contributed by atoms with Crippen molar-refractivity contribution in [3.8, 4) is 33.6 Å². The number of aromatic nitrogens is 2. The summed E-state index contributed by atoms with van der Waals surface area (Å²) in [6.07, 6.45) is 0. The first-order valence-electron chi connectivity index (χ1n) is 15.5. The zero-order valence-electron chi connectivity index (χ0n) is 24.9. The Hall–Kier alpha value is -6.37. The second-order valence-electron chi connectivity index (χ2n) is 11.7. The highest BCUT2D eigenvalue weighted by atomic mass is 15.0. The third kappa shape index (κ3) is 4.05. The average molecular weight is 586 g/mol. The lowest BCUT2D eigenvalue weighted by Crippen LogP contribution is -1.94. The maximum atomic E-state index is 7.37. The van der Waals surface area contributed by atoms with Crippen LogP contribution in [0, 0.1) is 6.57 Å². The number of rotatable bonds is 4. The van der Waals surface area contributed by atoms with Gasteiger partial charge in [0.25, 0.3) is 0 Å². The molecule has 0 aliphatic carbocycles. The molecule has 9 rings (SSSR count). The van der Waals surface area contributed by atoms with Crippen molar-refractivity contribution < 1.29 is 0 Å². The Morgan fingerprint density at radius 2 is 0.783 bits per heavy atom. The molecule has 0 atom stereocenters. The fourth-order valence-electron chi connectivity index (χ4n) is 6.99. The predicted octanol–water partition coefficient (Wildman–Crippen LogP) is 11.8. The van der Waals surface area contributed by atoms with Gasteiger partial charge in [0, 0.05) is 32.9 Å². The van der Waals surface area contributed by atoms with Gasteiger partial charge in [0.1, 0.15) is 0 Å². The molecule has 0 unspecified atom stereocenters. The molecule has 0 aliphatic heterocycles. The van der Waals surface area contributed by atoms with Crippen molar-refractivity contribution in [2.75, 3.05) is 0 Å². The van der Waals surface area contributed by atoms with Gasteiger partial charge in [0.15, 0.2) is 5.69 Å². The van der Waals surface area contributed by atoms with Crippen molar-refractivity contribution in [3.05, 3.63) is 175 Å². The Morgan fingerprint density at radius 1 is 0.348 bits per heavy atom. The molecule has 0 aliphatic rings. The second-order valence-corrected chi connectivity index (χ2v) is 11.7. The Morgan fingerprint density at radius 3 is 1.30 bits per heavy atom. The van der Waals surface area contributed by atoms with Crippen molar-refractivity contribution in [2.45, 2.75) is 0 Å². The van der Waals surface area contributed by atoms with Gasteiger partial charge in [0.2, 0.25) is 0 Å². The Balaban J connectivity index is 1.12. The molecule has 0 N–H and O–H groups in total. The minimum atomic E-state index is 0.654. The molecule has 46 heavy (non-hydrogen) atoms. The van der Waals surface area contributed by atoms with Crippen molar-refractivity contribution in [3.63, 3.8) is 0 Å². The molecule has 0 amide bonds. The van der Waals surface area contributed by atoms with Crippen LogP contribution in [0.3, 0.4) is 0 Å². The van der Waals surface area contributed by atoms with Crippen molar-refractivity contribution in [2.24, 2.45) is 0 Å². The zero-order valence-corrected chi connectivity index (χ0v) is 24.9. The third-order valence-electron chi connectivity index (χ3n) is 9.15. The topological polar surface area (TPSA) is 14.2 Å². The minimum Gasteiger partial charge on any atom is -0.309 e. The molecule has 9 aromatic rings. The molecule has 0 saturated carbocycles. The quantitative estimate of drug-likeness (QED) is 0.182. The molecular weight excluding hydrogens is 558 g/mol. The van der Waals surface area contributed by atoms with Gasteiger partial charge in [-0.2, -0.15) is 0 Å². The Kier molecular flexibility index (Phi) is 5.88. The van der Waals surface area contributed by atoms with Gasteiger partial charge in [-0.3, -0.25) is 0 Å². The smallest absolute Gasteiger partial charge is 0.187 e. The summed E-state index contributed by atoms with van der Waals surface area (Å²) in [7, 11) is 0. The lowest BCUT2D eigenvalue weighted by molar-refractivity contribution is 1.18. The van der Waals surface area contributed by atoms with Crippen LogP contribution < -0.4 is 0 Å². The minimum absolute atomic E-state index is 0.654. The SMILES string of the molecule is [C-]#[N+]c1cccc(-c2ccc(-n3c4ccccc4c4cc(-c5ccc(-n6c7ccccc7c7ccccc76)cc5)ccc43)cc2)c1. The van der Waals surface area contributed by atoms with Crippen molar-refractivity contribution >= 4 is 49.3 Å². The zero-order chi connectivity index (χ0) is 30.6. The molecule has 3 heteroatoms. The van der Waals surface area contributed by atoms with E-state index in [0.717, 1.165) is 22.5 Å². The van der Waals surface area contributed by atoms with Crippen molar-refractivity contribution in [1.82, 2.24) is 9.13 Å². The fraction of sp³-hybridized carbons (Fsp3) is 0. The number of hydrogen-bond donors (Lipinski definition) is 0. The van der Waals surface area contributed by atoms with Gasteiger partial charge < -0.3 is 9.13 Å². The predicted molar refractivity (Wildman–Crippen MR) is 192 cm³/mol. The van der Waals surface area contributed by atoms with E-state index in [0.29, 0.717) is 5.69 Å². The van der Waals surface area contributed by atoms with E-state index in [1.165, 1.54) is 54.7 Å². The molecule has 2 aromatic heterocycles. The van der Waals surface area contributed by atoms with Crippen LogP contribution in [0.4, 0.5) is 5.69 Å². The third-order valence-corrected chi connectivity index (χ3v) is 9.15. The van der Waals surface area contributed by atoms with Gasteiger partial charge >= 0.3 is 0 Å². The van der Waals surface area contributed by atoms with Crippen LogP contribution in [-0.2, 0) is 0 Å². The maximum Gasteiger partial charge on any atom is 0.187 e. The van der Waals surface area contributed by atoms with Gasteiger partial charge in [0.05, 0.1) is 28.6 Å². The van der Waals surface area contributed by atoms with Crippen LogP contribution in [0.5, 0.6) is 0 Å². The van der Waals surface area contributed by atoms with Crippen LogP contribution >= 0.6 is 0 Å². The van der Waals surface area contributed by atoms with E-state index in [-0.39, 0.29) is 0 Å². The highest BCUT2D eigenvalue weighted by molar-refractivity contribution is 6.11. The molecule has 0 saturated heterocycles. The van der Waals surface area contributed by atoms with Gasteiger partial charge in [-0.15, -0.1) is 0 Å². The molecule has 0 spiro atoms. The summed E-state index contributed by atoms with van der Waals surface area (Å²) >= 11 is 0. The second kappa shape index (κ2) is 10.4. The fourth-order valence-corrected chi connectivity index (χ4v) is 6.99. The molecule has 2 heterocycles. The molecule has 3 nitrogen and oxygen atoms in total. The molecule has 7 aromatic carbocycles. The van der Waals surface area contributed by atoms with Gasteiger partial charge in [-0.1, -0.05) is 103 Å². The number of nitrogens with zero attached hydrogens (tertiary/aromatic N) is 3. The number of para-hydroxylation sites is 3. The number of hydrogen-bond acceptors (Lipinski definition) is 0. The van der Waals surface area contributed by atoms with Crippen LogP contribution in [0.15, 0.2) is 164 Å². The first-order valence-corrected chi connectivity index (χ1v) is 15.5. The van der Waals surface area contributed by atoms with Crippen LogP contribution in [0.25, 0.3) is 82.1 Å². The highest BCUT2D eigenvalue weighted by Crippen LogP contribution is 2.37. The van der Waals surface area contributed by atoms with E-state index in [1.807, 2.05) is 18.2 Å². The summed E-state index contributed by atoms with van der Waals surface area (Å²) in [6.45, 7) is 7.37. The normalized spacial score (nSPS) is 11.5. The summed E-state index contributed by atoms with van der Waals surface area (Å²) < 4.78 is 4.71. The van der Waals surface area contributed by atoms with E-state index < -0.39 is 0 Å². The molecular formula is C43H27N3. The first kappa shape index (κ1) is 26.1. The molecule has 0 fully saturated rings. The molecule has 0 radical (unpaired) electrons. The Bertz CT molecular complexity index is 2580. The van der Waals surface area contributed by atoms with Crippen LogP contribution in [0.2, 0.25) is 0 Å². The van der Waals surface area contributed by atoms with E-state index in [1.54, 1.807) is 0 Å².